The Balaban J connectivity index is 2.49. The molecule has 0 unspecified atom stereocenters. The van der Waals surface area contributed by atoms with Gasteiger partial charge in [-0.05, 0) is 18.6 Å². The molecule has 0 atom stereocenters. The fourth-order valence-corrected chi connectivity index (χ4v) is 1.27. The Bertz CT molecular complexity index is 511. The number of hydrogen-bond acceptors (Lipinski definition) is 4. The largest absolute Gasteiger partial charge is 0.508 e. The maximum absolute atomic E-state index is 11.5. The van der Waals surface area contributed by atoms with Gasteiger partial charge in [0.25, 0.3) is 0 Å². The Labute approximate surface area is 111 Å². The maximum Gasteiger partial charge on any atom is 0.334 e. The summed E-state index contributed by atoms with van der Waals surface area (Å²) in [7, 11) is 1.24. The summed E-state index contributed by atoms with van der Waals surface area (Å²) >= 11 is 0. The molecule has 0 aliphatic heterocycles. The Morgan fingerprint density at radius 1 is 1.42 bits per heavy atom. The molecule has 2 amide bonds. The number of benzene rings is 1. The second kappa shape index (κ2) is 6.44. The van der Waals surface area contributed by atoms with Gasteiger partial charge in [0.15, 0.2) is 0 Å². The topological polar surface area (TPSA) is 87.7 Å². The monoisotopic (exact) mass is 264 g/mol. The minimum Gasteiger partial charge on any atom is -0.508 e. The number of phenolic OH excluding ortho intramolecular Hbond substituents is 1. The second-order valence-corrected chi connectivity index (χ2v) is 3.90. The third-order valence-electron chi connectivity index (χ3n) is 2.40. The molecule has 0 radical (unpaired) electrons. The lowest BCUT2D eigenvalue weighted by atomic mass is 10.2. The Kier molecular flexibility index (Phi) is 4.93. The number of esters is 1. The molecule has 6 nitrogen and oxygen atoms in total. The first-order valence-electron chi connectivity index (χ1n) is 5.54. The zero-order valence-corrected chi connectivity index (χ0v) is 10.8. The molecular weight excluding hydrogens is 248 g/mol. The molecular formula is C13H16N2O4. The summed E-state index contributed by atoms with van der Waals surface area (Å²) in [5.41, 5.74) is 1.30. The molecule has 1 aromatic carbocycles. The van der Waals surface area contributed by atoms with Crippen LogP contribution in [-0.4, -0.2) is 30.8 Å². The van der Waals surface area contributed by atoms with Gasteiger partial charge in [-0.15, -0.1) is 0 Å². The molecule has 0 fully saturated rings. The molecule has 6 heteroatoms. The van der Waals surface area contributed by atoms with Gasteiger partial charge in [-0.25, -0.2) is 9.59 Å². The number of rotatable bonds is 4. The van der Waals surface area contributed by atoms with Crippen molar-refractivity contribution in [3.63, 3.8) is 0 Å². The lowest BCUT2D eigenvalue weighted by Crippen LogP contribution is -2.31. The molecule has 1 aromatic rings. The van der Waals surface area contributed by atoms with E-state index in [1.54, 1.807) is 19.1 Å². The van der Waals surface area contributed by atoms with Crippen molar-refractivity contribution in [2.45, 2.75) is 6.92 Å². The number of phenols is 1. The number of ether oxygens (including phenoxy) is 1. The average molecular weight is 264 g/mol. The van der Waals surface area contributed by atoms with Gasteiger partial charge in [0, 0.05) is 17.3 Å². The third kappa shape index (κ3) is 4.34. The van der Waals surface area contributed by atoms with Crippen LogP contribution in [0.2, 0.25) is 0 Å². The van der Waals surface area contributed by atoms with Gasteiger partial charge >= 0.3 is 12.0 Å². The van der Waals surface area contributed by atoms with Crippen molar-refractivity contribution in [3.8, 4) is 5.75 Å². The summed E-state index contributed by atoms with van der Waals surface area (Å²) in [6.45, 7) is 5.21. The smallest absolute Gasteiger partial charge is 0.334 e. The van der Waals surface area contributed by atoms with Crippen molar-refractivity contribution in [3.05, 3.63) is 35.9 Å². The highest BCUT2D eigenvalue weighted by Crippen LogP contribution is 2.20. The molecule has 102 valence electrons. The molecule has 0 aliphatic rings. The van der Waals surface area contributed by atoms with Gasteiger partial charge in [0.1, 0.15) is 5.75 Å². The lowest BCUT2D eigenvalue weighted by molar-refractivity contribution is -0.136. The van der Waals surface area contributed by atoms with Gasteiger partial charge < -0.3 is 20.5 Å². The highest BCUT2D eigenvalue weighted by atomic mass is 16.5. The van der Waals surface area contributed by atoms with E-state index in [-0.39, 0.29) is 17.9 Å². The van der Waals surface area contributed by atoms with Gasteiger partial charge in [0.2, 0.25) is 0 Å². The first-order valence-corrected chi connectivity index (χ1v) is 5.54. The van der Waals surface area contributed by atoms with Crippen molar-refractivity contribution in [2.75, 3.05) is 19.0 Å². The average Bonchev–Trinajstić information content (AvgIpc) is 2.39. The van der Waals surface area contributed by atoms with Crippen LogP contribution in [0.4, 0.5) is 10.5 Å². The van der Waals surface area contributed by atoms with Crippen molar-refractivity contribution in [1.29, 1.82) is 0 Å². The minimum absolute atomic E-state index is 0.0175. The standard InChI is InChI=1S/C13H16N2O4/c1-8-4-5-10(6-11(8)16)15-13(18)14-7-9(2)12(17)19-3/h4-6,16H,2,7H2,1,3H3,(H2,14,15,18). The number of carbonyl (C=O) groups excluding carboxylic acids is 2. The maximum atomic E-state index is 11.5. The predicted molar refractivity (Wildman–Crippen MR) is 71.0 cm³/mol. The van der Waals surface area contributed by atoms with Crippen LogP contribution in [0.1, 0.15) is 5.56 Å². The van der Waals surface area contributed by atoms with E-state index in [0.29, 0.717) is 11.3 Å². The van der Waals surface area contributed by atoms with Crippen LogP contribution in [0.15, 0.2) is 30.4 Å². The molecule has 0 saturated heterocycles. The molecule has 0 aromatic heterocycles. The fraction of sp³-hybridized carbons (Fsp3) is 0.231. The number of aryl methyl sites for hydroxylation is 1. The highest BCUT2D eigenvalue weighted by molar-refractivity contribution is 5.92. The Morgan fingerprint density at radius 2 is 2.11 bits per heavy atom. The van der Waals surface area contributed by atoms with Crippen molar-refractivity contribution >= 4 is 17.7 Å². The summed E-state index contributed by atoms with van der Waals surface area (Å²) < 4.78 is 4.45. The summed E-state index contributed by atoms with van der Waals surface area (Å²) in [6, 6.07) is 4.26. The molecule has 0 aliphatic carbocycles. The number of hydrogen-bond donors (Lipinski definition) is 3. The van der Waals surface area contributed by atoms with Crippen LogP contribution >= 0.6 is 0 Å². The summed E-state index contributed by atoms with van der Waals surface area (Å²) in [6.07, 6.45) is 0. The number of urea groups is 1. The summed E-state index contributed by atoms with van der Waals surface area (Å²) in [4.78, 5) is 22.6. The number of amides is 2. The van der Waals surface area contributed by atoms with Gasteiger partial charge in [-0.2, -0.15) is 0 Å². The van der Waals surface area contributed by atoms with E-state index in [9.17, 15) is 14.7 Å². The first kappa shape index (κ1) is 14.6. The first-order chi connectivity index (χ1) is 8.93. The molecule has 0 saturated carbocycles. The van der Waals surface area contributed by atoms with Gasteiger partial charge in [-0.3, -0.25) is 0 Å². The number of nitrogens with one attached hydrogen (secondary N) is 2. The van der Waals surface area contributed by atoms with Crippen molar-refractivity contribution in [1.82, 2.24) is 5.32 Å². The fourth-order valence-electron chi connectivity index (χ4n) is 1.27. The van der Waals surface area contributed by atoms with Crippen LogP contribution in [0.5, 0.6) is 5.75 Å². The van der Waals surface area contributed by atoms with Crippen LogP contribution < -0.4 is 10.6 Å². The van der Waals surface area contributed by atoms with E-state index in [0.717, 1.165) is 0 Å². The Morgan fingerprint density at radius 3 is 2.68 bits per heavy atom. The van der Waals surface area contributed by atoms with Crippen LogP contribution in [0.3, 0.4) is 0 Å². The lowest BCUT2D eigenvalue weighted by Gasteiger charge is -2.09. The predicted octanol–water partition coefficient (Wildman–Crippen LogP) is 1.55. The summed E-state index contributed by atoms with van der Waals surface area (Å²) in [5.74, 6) is -0.481. The SMILES string of the molecule is C=C(CNC(=O)Nc1ccc(C)c(O)c1)C(=O)OC. The third-order valence-corrected chi connectivity index (χ3v) is 2.40. The number of aromatic hydroxyl groups is 1. The molecule has 19 heavy (non-hydrogen) atoms. The van der Waals surface area contributed by atoms with Crippen LogP contribution in [0.25, 0.3) is 0 Å². The van der Waals surface area contributed by atoms with E-state index in [4.69, 9.17) is 0 Å². The molecule has 0 bridgehead atoms. The normalized spacial score (nSPS) is 9.58. The number of methoxy groups -OCH3 is 1. The second-order valence-electron chi connectivity index (χ2n) is 3.90. The zero-order valence-electron chi connectivity index (χ0n) is 10.8. The quantitative estimate of drug-likeness (QED) is 0.568. The minimum atomic E-state index is -0.576. The molecule has 3 N–H and O–H groups in total. The van der Waals surface area contributed by atoms with Crippen LogP contribution in [0, 0.1) is 6.92 Å². The van der Waals surface area contributed by atoms with E-state index in [1.165, 1.54) is 13.2 Å². The van der Waals surface area contributed by atoms with E-state index in [1.807, 2.05) is 0 Å². The van der Waals surface area contributed by atoms with Gasteiger partial charge in [0.05, 0.1) is 13.7 Å². The van der Waals surface area contributed by atoms with Crippen LogP contribution in [-0.2, 0) is 9.53 Å². The molecule has 1 rings (SSSR count). The number of carbonyl (C=O) groups is 2. The zero-order chi connectivity index (χ0) is 14.4. The summed E-state index contributed by atoms with van der Waals surface area (Å²) in [5, 5.41) is 14.5. The number of anilines is 1. The molecule has 0 spiro atoms. The van der Waals surface area contributed by atoms with Crippen molar-refractivity contribution < 1.29 is 19.4 Å². The van der Waals surface area contributed by atoms with E-state index < -0.39 is 12.0 Å². The van der Waals surface area contributed by atoms with Crippen molar-refractivity contribution in [2.24, 2.45) is 0 Å². The Hall–Kier alpha value is -2.50. The molecule has 0 heterocycles. The highest BCUT2D eigenvalue weighted by Gasteiger charge is 2.08. The van der Waals surface area contributed by atoms with Gasteiger partial charge in [-0.1, -0.05) is 12.6 Å². The van der Waals surface area contributed by atoms with E-state index in [2.05, 4.69) is 21.9 Å². The van der Waals surface area contributed by atoms with E-state index >= 15 is 0 Å².